The molecule has 1 aromatic carbocycles. The third-order valence-electron chi connectivity index (χ3n) is 2.57. The number of rotatable bonds is 7. The van der Waals surface area contributed by atoms with E-state index in [-0.39, 0.29) is 24.1 Å². The molecular formula is C14H22FNO2. The minimum Gasteiger partial charge on any atom is -0.490 e. The molecule has 4 heteroatoms. The molecule has 0 aliphatic carbocycles. The quantitative estimate of drug-likeness (QED) is 0.785. The summed E-state index contributed by atoms with van der Waals surface area (Å²) in [5.74, 6) is -0.0790. The van der Waals surface area contributed by atoms with Gasteiger partial charge in [-0.3, -0.25) is 0 Å². The Balaban J connectivity index is 2.73. The Morgan fingerprint density at radius 3 is 2.67 bits per heavy atom. The molecule has 0 radical (unpaired) electrons. The number of aliphatic hydroxyl groups is 1. The highest BCUT2D eigenvalue weighted by Crippen LogP contribution is 2.23. The number of nitrogens with one attached hydrogen (secondary N) is 1. The summed E-state index contributed by atoms with van der Waals surface area (Å²) in [6, 6.07) is 5.24. The predicted molar refractivity (Wildman–Crippen MR) is 70.1 cm³/mol. The minimum atomic E-state index is -0.358. The van der Waals surface area contributed by atoms with Gasteiger partial charge in [-0.1, -0.05) is 32.9 Å². The first-order chi connectivity index (χ1) is 8.54. The third kappa shape index (κ3) is 4.63. The van der Waals surface area contributed by atoms with E-state index >= 15 is 0 Å². The number of para-hydroxylation sites is 1. The van der Waals surface area contributed by atoms with Crippen molar-refractivity contribution in [2.45, 2.75) is 33.4 Å². The molecule has 0 aliphatic heterocycles. The van der Waals surface area contributed by atoms with Crippen LogP contribution >= 0.6 is 0 Å². The molecule has 0 aliphatic rings. The maximum Gasteiger partial charge on any atom is 0.165 e. The molecular weight excluding hydrogens is 233 g/mol. The molecule has 0 heterocycles. The number of aliphatic hydroxyl groups excluding tert-OH is 1. The van der Waals surface area contributed by atoms with Gasteiger partial charge in [0.2, 0.25) is 0 Å². The van der Waals surface area contributed by atoms with Crippen LogP contribution in [-0.4, -0.2) is 24.4 Å². The van der Waals surface area contributed by atoms with E-state index in [4.69, 9.17) is 9.84 Å². The number of benzene rings is 1. The molecule has 1 rings (SSSR count). The fourth-order valence-electron chi connectivity index (χ4n) is 1.45. The van der Waals surface area contributed by atoms with Crippen molar-refractivity contribution in [2.24, 2.45) is 5.92 Å². The van der Waals surface area contributed by atoms with Crippen molar-refractivity contribution in [2.75, 3.05) is 13.2 Å². The maximum absolute atomic E-state index is 13.7. The lowest BCUT2D eigenvalue weighted by Gasteiger charge is -2.16. The summed E-state index contributed by atoms with van der Waals surface area (Å²) in [5.41, 5.74) is 0.800. The van der Waals surface area contributed by atoms with Gasteiger partial charge in [0, 0.05) is 30.7 Å². The normalized spacial score (nSPS) is 12.8. The molecule has 0 saturated carbocycles. The highest BCUT2D eigenvalue weighted by molar-refractivity contribution is 5.35. The predicted octanol–water partition coefficient (Wildman–Crippen LogP) is 2.33. The third-order valence-corrected chi connectivity index (χ3v) is 2.57. The molecule has 0 spiro atoms. The highest BCUT2D eigenvalue weighted by Gasteiger charge is 2.11. The number of halogens is 1. The summed E-state index contributed by atoms with van der Waals surface area (Å²) < 4.78 is 19.2. The van der Waals surface area contributed by atoms with E-state index in [0.717, 1.165) is 5.56 Å². The lowest BCUT2D eigenvalue weighted by atomic mass is 10.1. The van der Waals surface area contributed by atoms with Gasteiger partial charge in [-0.2, -0.15) is 0 Å². The van der Waals surface area contributed by atoms with Crippen LogP contribution in [0.25, 0.3) is 0 Å². The summed E-state index contributed by atoms with van der Waals surface area (Å²) in [6.45, 7) is 6.84. The smallest absolute Gasteiger partial charge is 0.165 e. The van der Waals surface area contributed by atoms with Crippen LogP contribution in [0.4, 0.5) is 4.39 Å². The summed E-state index contributed by atoms with van der Waals surface area (Å²) in [5, 5.41) is 12.2. The van der Waals surface area contributed by atoms with Crippen molar-refractivity contribution in [1.29, 1.82) is 0 Å². The van der Waals surface area contributed by atoms with Crippen molar-refractivity contribution in [1.82, 2.24) is 5.32 Å². The van der Waals surface area contributed by atoms with E-state index in [9.17, 15) is 4.39 Å². The molecule has 1 aromatic rings. The molecule has 0 amide bonds. The van der Waals surface area contributed by atoms with Gasteiger partial charge in [0.25, 0.3) is 0 Å². The van der Waals surface area contributed by atoms with Gasteiger partial charge in [0.1, 0.15) is 0 Å². The van der Waals surface area contributed by atoms with Crippen molar-refractivity contribution in [3.63, 3.8) is 0 Å². The van der Waals surface area contributed by atoms with Crippen LogP contribution in [0.3, 0.4) is 0 Å². The van der Waals surface area contributed by atoms with E-state index in [2.05, 4.69) is 5.32 Å². The molecule has 0 aromatic heterocycles. The van der Waals surface area contributed by atoms with Gasteiger partial charge in [0.05, 0.1) is 6.61 Å². The summed E-state index contributed by atoms with van der Waals surface area (Å²) in [6.07, 6.45) is 0. The Morgan fingerprint density at radius 2 is 2.06 bits per heavy atom. The first-order valence-corrected chi connectivity index (χ1v) is 6.29. The van der Waals surface area contributed by atoms with Gasteiger partial charge in [0.15, 0.2) is 11.6 Å². The molecule has 0 fully saturated rings. The van der Waals surface area contributed by atoms with Crippen LogP contribution in [0.2, 0.25) is 0 Å². The lowest BCUT2D eigenvalue weighted by molar-refractivity contribution is 0.170. The average molecular weight is 255 g/mol. The maximum atomic E-state index is 13.7. The van der Waals surface area contributed by atoms with Crippen molar-refractivity contribution >= 4 is 0 Å². The second kappa shape index (κ2) is 7.34. The van der Waals surface area contributed by atoms with Crippen LogP contribution in [0.15, 0.2) is 18.2 Å². The van der Waals surface area contributed by atoms with Crippen LogP contribution in [0.5, 0.6) is 5.75 Å². The van der Waals surface area contributed by atoms with Crippen molar-refractivity contribution in [3.05, 3.63) is 29.6 Å². The lowest BCUT2D eigenvalue weighted by Crippen LogP contribution is -2.23. The molecule has 0 saturated heterocycles. The summed E-state index contributed by atoms with van der Waals surface area (Å²) in [7, 11) is 0. The topological polar surface area (TPSA) is 41.5 Å². The summed E-state index contributed by atoms with van der Waals surface area (Å²) >= 11 is 0. The van der Waals surface area contributed by atoms with Gasteiger partial charge >= 0.3 is 0 Å². The summed E-state index contributed by atoms with van der Waals surface area (Å²) in [4.78, 5) is 0. The number of hydrogen-bond donors (Lipinski definition) is 2. The van der Waals surface area contributed by atoms with E-state index in [1.165, 1.54) is 6.07 Å². The van der Waals surface area contributed by atoms with Crippen molar-refractivity contribution in [3.8, 4) is 5.75 Å². The zero-order valence-electron chi connectivity index (χ0n) is 11.2. The standard InChI is InChI=1S/C14H22FNO2/c1-10(2)16-7-12-5-4-6-13(15)14(12)18-9-11(3)8-17/h4-6,10-11,16-17H,7-9H2,1-3H3. The number of hydrogen-bond acceptors (Lipinski definition) is 3. The van der Waals surface area contributed by atoms with Crippen molar-refractivity contribution < 1.29 is 14.2 Å². The van der Waals surface area contributed by atoms with Crippen LogP contribution in [0, 0.1) is 11.7 Å². The zero-order valence-corrected chi connectivity index (χ0v) is 11.2. The molecule has 102 valence electrons. The fourth-order valence-corrected chi connectivity index (χ4v) is 1.45. The van der Waals surface area contributed by atoms with E-state index in [1.807, 2.05) is 26.8 Å². The second-order valence-electron chi connectivity index (χ2n) is 4.86. The van der Waals surface area contributed by atoms with E-state index in [1.54, 1.807) is 6.07 Å². The minimum absolute atomic E-state index is 0.00415. The zero-order chi connectivity index (χ0) is 13.5. The first kappa shape index (κ1) is 14.9. The second-order valence-corrected chi connectivity index (χ2v) is 4.86. The number of ether oxygens (including phenoxy) is 1. The molecule has 1 atom stereocenters. The molecule has 3 nitrogen and oxygen atoms in total. The Labute approximate surface area is 108 Å². The average Bonchev–Trinajstić information content (AvgIpc) is 2.34. The van der Waals surface area contributed by atoms with Crippen LogP contribution in [-0.2, 0) is 6.54 Å². The largest absolute Gasteiger partial charge is 0.490 e. The SMILES string of the molecule is CC(CO)COc1c(F)cccc1CNC(C)C. The Kier molecular flexibility index (Phi) is 6.09. The van der Waals surface area contributed by atoms with Gasteiger partial charge in [-0.25, -0.2) is 4.39 Å². The molecule has 18 heavy (non-hydrogen) atoms. The molecule has 1 unspecified atom stereocenters. The Hall–Kier alpha value is -1.13. The highest BCUT2D eigenvalue weighted by atomic mass is 19.1. The van der Waals surface area contributed by atoms with Crippen LogP contribution < -0.4 is 10.1 Å². The van der Waals surface area contributed by atoms with E-state index in [0.29, 0.717) is 19.2 Å². The van der Waals surface area contributed by atoms with Gasteiger partial charge < -0.3 is 15.2 Å². The fraction of sp³-hybridized carbons (Fsp3) is 0.571. The van der Waals surface area contributed by atoms with Gasteiger partial charge in [-0.05, 0) is 6.07 Å². The molecule has 2 N–H and O–H groups in total. The Morgan fingerprint density at radius 1 is 1.33 bits per heavy atom. The molecule has 0 bridgehead atoms. The van der Waals surface area contributed by atoms with E-state index < -0.39 is 0 Å². The first-order valence-electron chi connectivity index (χ1n) is 6.29. The monoisotopic (exact) mass is 255 g/mol. The van der Waals surface area contributed by atoms with Gasteiger partial charge in [-0.15, -0.1) is 0 Å². The van der Waals surface area contributed by atoms with Crippen LogP contribution in [0.1, 0.15) is 26.3 Å². The Bertz CT molecular complexity index is 369.